The molecular weight excluding hydrogens is 453 g/mol. The van der Waals surface area contributed by atoms with Gasteiger partial charge < -0.3 is 9.80 Å². The average Bonchev–Trinajstić information content (AvgIpc) is 3.16. The molecule has 1 aliphatic rings. The highest BCUT2D eigenvalue weighted by Crippen LogP contribution is 2.31. The second-order valence-electron chi connectivity index (χ2n) is 9.84. The second kappa shape index (κ2) is 11.5. The molecule has 8 heteroatoms. The van der Waals surface area contributed by atoms with Crippen LogP contribution >= 0.6 is 11.6 Å². The third-order valence-corrected chi connectivity index (χ3v) is 6.56. The van der Waals surface area contributed by atoms with Crippen molar-refractivity contribution in [3.05, 3.63) is 41.3 Å². The summed E-state index contributed by atoms with van der Waals surface area (Å²) < 4.78 is 15.6. The van der Waals surface area contributed by atoms with Crippen LogP contribution in [-0.4, -0.2) is 69.6 Å². The first kappa shape index (κ1) is 26.5. The van der Waals surface area contributed by atoms with Crippen LogP contribution in [0.25, 0.3) is 5.69 Å². The molecule has 1 aliphatic heterocycles. The number of carbonyl (C=O) groups excluding carboxylic acids is 1. The van der Waals surface area contributed by atoms with Crippen LogP contribution in [0.4, 0.5) is 10.2 Å². The van der Waals surface area contributed by atoms with Gasteiger partial charge in [0.05, 0.1) is 17.9 Å². The van der Waals surface area contributed by atoms with Crippen molar-refractivity contribution in [1.82, 2.24) is 19.6 Å². The molecule has 0 spiro atoms. The number of aromatic nitrogens is 2. The number of carbonyl (C=O) groups is 1. The lowest BCUT2D eigenvalue weighted by Crippen LogP contribution is -2.49. The van der Waals surface area contributed by atoms with E-state index in [0.29, 0.717) is 25.0 Å². The van der Waals surface area contributed by atoms with Gasteiger partial charge in [-0.1, -0.05) is 20.8 Å². The molecule has 34 heavy (non-hydrogen) atoms. The van der Waals surface area contributed by atoms with Crippen molar-refractivity contribution in [2.24, 2.45) is 5.92 Å². The molecule has 6 nitrogen and oxygen atoms in total. The minimum absolute atomic E-state index is 0.0671. The molecule has 0 radical (unpaired) electrons. The number of aryl methyl sites for hydroxylation is 1. The van der Waals surface area contributed by atoms with Gasteiger partial charge in [0.1, 0.15) is 17.0 Å². The van der Waals surface area contributed by atoms with Gasteiger partial charge in [-0.2, -0.15) is 5.10 Å². The first-order valence-corrected chi connectivity index (χ1v) is 12.8. The average molecular weight is 492 g/mol. The zero-order valence-electron chi connectivity index (χ0n) is 21.4. The summed E-state index contributed by atoms with van der Waals surface area (Å²) >= 11 is 6.23. The van der Waals surface area contributed by atoms with Crippen molar-refractivity contribution in [2.75, 3.05) is 37.6 Å². The van der Waals surface area contributed by atoms with Crippen LogP contribution in [0.15, 0.2) is 24.3 Å². The van der Waals surface area contributed by atoms with Crippen molar-refractivity contribution in [3.63, 3.8) is 0 Å². The Bertz CT molecular complexity index is 949. The highest BCUT2D eigenvalue weighted by atomic mass is 35.5. The fraction of sp³-hybridized carbons (Fsp3) is 0.615. The Balaban J connectivity index is 2.08. The molecular formula is C26H39ClFN5O. The van der Waals surface area contributed by atoms with Crippen molar-refractivity contribution in [3.8, 4) is 5.69 Å². The third kappa shape index (κ3) is 6.11. The molecule has 1 aromatic heterocycles. The van der Waals surface area contributed by atoms with E-state index >= 15 is 0 Å². The summed E-state index contributed by atoms with van der Waals surface area (Å²) in [7, 11) is 0. The number of halogens is 2. The summed E-state index contributed by atoms with van der Waals surface area (Å²) in [6.45, 7) is 17.2. The van der Waals surface area contributed by atoms with Crippen LogP contribution in [0.1, 0.15) is 52.8 Å². The monoisotopic (exact) mass is 491 g/mol. The van der Waals surface area contributed by atoms with Gasteiger partial charge in [0.15, 0.2) is 0 Å². The minimum Gasteiger partial charge on any atom is -0.354 e. The maximum atomic E-state index is 13.7. The van der Waals surface area contributed by atoms with E-state index in [0.717, 1.165) is 55.4 Å². The Morgan fingerprint density at radius 3 is 2.21 bits per heavy atom. The maximum Gasteiger partial charge on any atom is 0.240 e. The molecule has 1 atom stereocenters. The molecule has 188 valence electrons. The summed E-state index contributed by atoms with van der Waals surface area (Å²) in [6.07, 6.45) is 0.739. The normalized spacial score (nSPS) is 15.9. The number of anilines is 1. The smallest absolute Gasteiger partial charge is 0.240 e. The number of hydrogen-bond donors (Lipinski definition) is 0. The van der Waals surface area contributed by atoms with E-state index in [9.17, 15) is 9.18 Å². The summed E-state index contributed by atoms with van der Waals surface area (Å²) in [4.78, 5) is 19.7. The van der Waals surface area contributed by atoms with Crippen molar-refractivity contribution in [1.29, 1.82) is 0 Å². The highest BCUT2D eigenvalue weighted by molar-refractivity contribution is 6.30. The Hall–Kier alpha value is -2.12. The number of nitrogens with zero attached hydrogens (tertiary/aromatic N) is 5. The van der Waals surface area contributed by atoms with Crippen LogP contribution < -0.4 is 4.90 Å². The second-order valence-corrected chi connectivity index (χ2v) is 10.5. The lowest BCUT2D eigenvalue weighted by molar-refractivity contribution is -0.131. The maximum absolute atomic E-state index is 13.7. The molecule has 1 fully saturated rings. The van der Waals surface area contributed by atoms with Gasteiger partial charge in [-0.05, 0) is 57.4 Å². The zero-order chi connectivity index (χ0) is 25.0. The molecule has 0 bridgehead atoms. The molecule has 1 unspecified atom stereocenters. The Morgan fingerprint density at radius 2 is 1.71 bits per heavy atom. The van der Waals surface area contributed by atoms with Crippen molar-refractivity contribution >= 4 is 23.3 Å². The van der Waals surface area contributed by atoms with Crippen molar-refractivity contribution < 1.29 is 9.18 Å². The van der Waals surface area contributed by atoms with Gasteiger partial charge in [0.2, 0.25) is 5.91 Å². The summed E-state index contributed by atoms with van der Waals surface area (Å²) in [6, 6.07) is 6.95. The van der Waals surface area contributed by atoms with E-state index in [1.165, 1.54) is 12.1 Å². The number of piperazine rings is 1. The molecule has 1 amide bonds. The molecule has 0 aliphatic carbocycles. The zero-order valence-corrected chi connectivity index (χ0v) is 22.1. The largest absolute Gasteiger partial charge is 0.354 e. The lowest BCUT2D eigenvalue weighted by atomic mass is 10.1. The SMILES string of the molecule is CCc1nn(-c2ccc(F)cc2)c(N2CCN(C(C)C)CC2)c1CN(CC(C)C)C(=O)C(C)Cl. The third-order valence-electron chi connectivity index (χ3n) is 6.38. The molecule has 2 heterocycles. The number of benzene rings is 1. The molecule has 0 saturated carbocycles. The van der Waals surface area contributed by atoms with Crippen molar-refractivity contribution in [2.45, 2.75) is 65.9 Å². The van der Waals surface area contributed by atoms with Gasteiger partial charge in [0.25, 0.3) is 0 Å². The van der Waals surface area contributed by atoms with E-state index in [1.54, 1.807) is 19.1 Å². The van der Waals surface area contributed by atoms with E-state index in [4.69, 9.17) is 16.7 Å². The first-order chi connectivity index (χ1) is 16.1. The fourth-order valence-electron chi connectivity index (χ4n) is 4.58. The van der Waals surface area contributed by atoms with Gasteiger partial charge in [-0.3, -0.25) is 9.69 Å². The van der Waals surface area contributed by atoms with E-state index < -0.39 is 5.38 Å². The van der Waals surface area contributed by atoms with Gasteiger partial charge >= 0.3 is 0 Å². The first-order valence-electron chi connectivity index (χ1n) is 12.4. The van der Waals surface area contributed by atoms with Gasteiger partial charge in [-0.15, -0.1) is 11.6 Å². The van der Waals surface area contributed by atoms with E-state index in [2.05, 4.69) is 44.4 Å². The fourth-order valence-corrected chi connectivity index (χ4v) is 4.72. The predicted molar refractivity (Wildman–Crippen MR) is 137 cm³/mol. The van der Waals surface area contributed by atoms with E-state index in [-0.39, 0.29) is 11.7 Å². The molecule has 3 rings (SSSR count). The van der Waals surface area contributed by atoms with Crippen LogP contribution in [0, 0.1) is 11.7 Å². The predicted octanol–water partition coefficient (Wildman–Crippen LogP) is 4.72. The molecule has 0 N–H and O–H groups in total. The lowest BCUT2D eigenvalue weighted by Gasteiger charge is -2.39. The summed E-state index contributed by atoms with van der Waals surface area (Å²) in [5.74, 6) is 0.969. The minimum atomic E-state index is -0.589. The standard InChI is InChI=1S/C26H39ClFN5O/c1-7-24-23(17-32(16-18(2)3)26(34)20(6)27)25(31-14-12-30(13-15-31)19(4)5)33(29-24)22-10-8-21(28)9-11-22/h8-11,18-20H,7,12-17H2,1-6H3. The van der Waals surface area contributed by atoms with Crippen LogP contribution in [0.2, 0.25) is 0 Å². The highest BCUT2D eigenvalue weighted by Gasteiger charge is 2.30. The molecule has 1 saturated heterocycles. The topological polar surface area (TPSA) is 44.6 Å². The quantitative estimate of drug-likeness (QED) is 0.476. The van der Waals surface area contributed by atoms with E-state index in [1.807, 2.05) is 9.58 Å². The number of alkyl halides is 1. The Kier molecular flexibility index (Phi) is 8.99. The number of amides is 1. The molecule has 2 aromatic rings. The summed E-state index contributed by atoms with van der Waals surface area (Å²) in [5.41, 5.74) is 2.82. The number of rotatable bonds is 9. The van der Waals surface area contributed by atoms with Crippen LogP contribution in [-0.2, 0) is 17.8 Å². The van der Waals surface area contributed by atoms with Gasteiger partial charge in [-0.25, -0.2) is 9.07 Å². The van der Waals surface area contributed by atoms with Crippen LogP contribution in [0.3, 0.4) is 0 Å². The molecule has 1 aromatic carbocycles. The van der Waals surface area contributed by atoms with Crippen LogP contribution in [0.5, 0.6) is 0 Å². The number of hydrogen-bond acceptors (Lipinski definition) is 4. The Labute approximate surface area is 208 Å². The van der Waals surface area contributed by atoms with Gasteiger partial charge in [0, 0.05) is 44.3 Å². The Morgan fingerprint density at radius 1 is 1.09 bits per heavy atom. The summed E-state index contributed by atoms with van der Waals surface area (Å²) in [5, 5.41) is 4.37.